The molecule has 1 aliphatic rings. The maximum absolute atomic E-state index is 12.4. The van der Waals surface area contributed by atoms with Crippen molar-refractivity contribution in [3.05, 3.63) is 29.8 Å². The third-order valence-electron chi connectivity index (χ3n) is 4.08. The van der Waals surface area contributed by atoms with Crippen molar-refractivity contribution in [1.82, 2.24) is 9.62 Å². The van der Waals surface area contributed by atoms with Gasteiger partial charge in [0.15, 0.2) is 0 Å². The van der Waals surface area contributed by atoms with Crippen LogP contribution in [0.5, 0.6) is 0 Å². The number of piperidine rings is 1. The lowest BCUT2D eigenvalue weighted by Crippen LogP contribution is -2.46. The third-order valence-corrected chi connectivity index (χ3v) is 5.62. The van der Waals surface area contributed by atoms with E-state index in [1.165, 1.54) is 0 Å². The van der Waals surface area contributed by atoms with Crippen LogP contribution in [0.1, 0.15) is 38.7 Å². The molecular formula is C17H26N2O3S. The van der Waals surface area contributed by atoms with E-state index >= 15 is 0 Å². The standard InChI is InChI=1S/C17H26N2O3S/c1-13(2)12-17(20)19-10-8-15(9-11-19)18-23(21,22)16-6-4-14(3)5-7-16/h4-7,13,15,18H,8-12H2,1-3H3. The quantitative estimate of drug-likeness (QED) is 0.896. The molecule has 0 aromatic heterocycles. The van der Waals surface area contributed by atoms with Gasteiger partial charge in [-0.15, -0.1) is 0 Å². The number of carbonyl (C=O) groups is 1. The Hall–Kier alpha value is -1.40. The third kappa shape index (κ3) is 5.04. The topological polar surface area (TPSA) is 66.5 Å². The summed E-state index contributed by atoms with van der Waals surface area (Å²) >= 11 is 0. The molecule has 0 saturated carbocycles. The Bertz CT molecular complexity index is 630. The Balaban J connectivity index is 1.91. The van der Waals surface area contributed by atoms with E-state index in [1.54, 1.807) is 24.3 Å². The normalized spacial score (nSPS) is 16.8. The minimum atomic E-state index is -3.49. The number of aryl methyl sites for hydroxylation is 1. The fourth-order valence-corrected chi connectivity index (χ4v) is 4.03. The summed E-state index contributed by atoms with van der Waals surface area (Å²) in [7, 11) is -3.49. The average Bonchev–Trinajstić information content (AvgIpc) is 2.47. The highest BCUT2D eigenvalue weighted by atomic mass is 32.2. The fourth-order valence-electron chi connectivity index (χ4n) is 2.73. The van der Waals surface area contributed by atoms with Crippen molar-refractivity contribution in [2.24, 2.45) is 5.92 Å². The molecular weight excluding hydrogens is 312 g/mol. The van der Waals surface area contributed by atoms with Crippen molar-refractivity contribution < 1.29 is 13.2 Å². The number of sulfonamides is 1. The first-order chi connectivity index (χ1) is 10.8. The number of amides is 1. The van der Waals surface area contributed by atoms with Gasteiger partial charge in [0.2, 0.25) is 15.9 Å². The lowest BCUT2D eigenvalue weighted by molar-refractivity contribution is -0.133. The summed E-state index contributed by atoms with van der Waals surface area (Å²) in [5, 5.41) is 0. The van der Waals surface area contributed by atoms with E-state index in [4.69, 9.17) is 0 Å². The van der Waals surface area contributed by atoms with Gasteiger partial charge in [0.25, 0.3) is 0 Å². The number of benzene rings is 1. The van der Waals surface area contributed by atoms with Crippen molar-refractivity contribution in [3.63, 3.8) is 0 Å². The Morgan fingerprint density at radius 1 is 1.22 bits per heavy atom. The zero-order chi connectivity index (χ0) is 17.0. The van der Waals surface area contributed by atoms with E-state index in [2.05, 4.69) is 4.72 Å². The first-order valence-electron chi connectivity index (χ1n) is 8.14. The Kier molecular flexibility index (Phi) is 5.81. The van der Waals surface area contributed by atoms with Gasteiger partial charge < -0.3 is 4.90 Å². The summed E-state index contributed by atoms with van der Waals surface area (Å²) < 4.78 is 27.5. The molecule has 1 aliphatic heterocycles. The molecule has 1 amide bonds. The fraction of sp³-hybridized carbons (Fsp3) is 0.588. The van der Waals surface area contributed by atoms with Crippen LogP contribution < -0.4 is 4.72 Å². The lowest BCUT2D eigenvalue weighted by Gasteiger charge is -2.32. The molecule has 0 radical (unpaired) electrons. The number of nitrogens with zero attached hydrogens (tertiary/aromatic N) is 1. The molecule has 0 atom stereocenters. The number of nitrogens with one attached hydrogen (secondary N) is 1. The van der Waals surface area contributed by atoms with Gasteiger partial charge in [-0.25, -0.2) is 13.1 Å². The molecule has 1 aromatic carbocycles. The summed E-state index contributed by atoms with van der Waals surface area (Å²) in [6.45, 7) is 7.22. The van der Waals surface area contributed by atoms with Crippen LogP contribution in [0, 0.1) is 12.8 Å². The smallest absolute Gasteiger partial charge is 0.240 e. The monoisotopic (exact) mass is 338 g/mol. The van der Waals surface area contributed by atoms with Crippen LogP contribution in [0.2, 0.25) is 0 Å². The summed E-state index contributed by atoms with van der Waals surface area (Å²) in [5.74, 6) is 0.514. The van der Waals surface area contributed by atoms with E-state index in [0.717, 1.165) is 5.56 Å². The molecule has 6 heteroatoms. The maximum Gasteiger partial charge on any atom is 0.240 e. The molecule has 1 saturated heterocycles. The van der Waals surface area contributed by atoms with Crippen LogP contribution >= 0.6 is 0 Å². The van der Waals surface area contributed by atoms with Crippen LogP contribution in [0.25, 0.3) is 0 Å². The van der Waals surface area contributed by atoms with E-state index in [-0.39, 0.29) is 11.9 Å². The predicted molar refractivity (Wildman–Crippen MR) is 90.6 cm³/mol. The summed E-state index contributed by atoms with van der Waals surface area (Å²) in [5.41, 5.74) is 1.03. The van der Waals surface area contributed by atoms with Gasteiger partial charge in [0.05, 0.1) is 4.90 Å². The highest BCUT2D eigenvalue weighted by molar-refractivity contribution is 7.89. The van der Waals surface area contributed by atoms with Crippen LogP contribution in [-0.2, 0) is 14.8 Å². The number of carbonyl (C=O) groups excluding carboxylic acids is 1. The molecule has 128 valence electrons. The molecule has 23 heavy (non-hydrogen) atoms. The van der Waals surface area contributed by atoms with Gasteiger partial charge in [0, 0.05) is 25.6 Å². The number of hydrogen-bond acceptors (Lipinski definition) is 3. The van der Waals surface area contributed by atoms with Crippen LogP contribution in [0.3, 0.4) is 0 Å². The van der Waals surface area contributed by atoms with Crippen molar-refractivity contribution in [2.75, 3.05) is 13.1 Å². The van der Waals surface area contributed by atoms with Crippen molar-refractivity contribution >= 4 is 15.9 Å². The lowest BCUT2D eigenvalue weighted by atomic mass is 10.0. The largest absolute Gasteiger partial charge is 0.343 e. The molecule has 5 nitrogen and oxygen atoms in total. The summed E-state index contributed by atoms with van der Waals surface area (Å²) in [6, 6.07) is 6.73. The molecule has 1 fully saturated rings. The van der Waals surface area contributed by atoms with Gasteiger partial charge in [-0.1, -0.05) is 31.5 Å². The highest BCUT2D eigenvalue weighted by Crippen LogP contribution is 2.17. The van der Waals surface area contributed by atoms with Crippen molar-refractivity contribution in [1.29, 1.82) is 0 Å². The Morgan fingerprint density at radius 2 is 1.78 bits per heavy atom. The number of rotatable bonds is 5. The molecule has 1 heterocycles. The highest BCUT2D eigenvalue weighted by Gasteiger charge is 2.26. The molecule has 0 spiro atoms. The first kappa shape index (κ1) is 17.9. The number of likely N-dealkylation sites (tertiary alicyclic amines) is 1. The van der Waals surface area contributed by atoms with Gasteiger partial charge >= 0.3 is 0 Å². The average molecular weight is 338 g/mol. The number of hydrogen-bond donors (Lipinski definition) is 1. The minimum absolute atomic E-state index is 0.107. The minimum Gasteiger partial charge on any atom is -0.343 e. The zero-order valence-corrected chi connectivity index (χ0v) is 14.9. The second-order valence-corrected chi connectivity index (χ2v) is 8.40. The van der Waals surface area contributed by atoms with Crippen molar-refractivity contribution in [3.8, 4) is 0 Å². The van der Waals surface area contributed by atoms with Gasteiger partial charge in [-0.3, -0.25) is 4.79 Å². The molecule has 1 N–H and O–H groups in total. The second kappa shape index (κ2) is 7.45. The SMILES string of the molecule is Cc1ccc(S(=O)(=O)NC2CCN(C(=O)CC(C)C)CC2)cc1. The molecule has 0 bridgehead atoms. The Morgan fingerprint density at radius 3 is 2.30 bits per heavy atom. The van der Waals surface area contributed by atoms with Crippen LogP contribution in [-0.4, -0.2) is 38.4 Å². The zero-order valence-electron chi connectivity index (χ0n) is 14.1. The predicted octanol–water partition coefficient (Wildman–Crippen LogP) is 2.31. The molecule has 1 aromatic rings. The second-order valence-electron chi connectivity index (χ2n) is 6.69. The maximum atomic E-state index is 12.4. The van der Waals surface area contributed by atoms with E-state index in [1.807, 2.05) is 25.7 Å². The summed E-state index contributed by atoms with van der Waals surface area (Å²) in [4.78, 5) is 14.2. The van der Waals surface area contributed by atoms with Crippen LogP contribution in [0.15, 0.2) is 29.2 Å². The molecule has 2 rings (SSSR count). The molecule has 0 unspecified atom stereocenters. The van der Waals surface area contributed by atoms with Gasteiger partial charge in [-0.2, -0.15) is 0 Å². The van der Waals surface area contributed by atoms with E-state index in [9.17, 15) is 13.2 Å². The van der Waals surface area contributed by atoms with Crippen LogP contribution in [0.4, 0.5) is 0 Å². The van der Waals surface area contributed by atoms with Gasteiger partial charge in [0.1, 0.15) is 0 Å². The van der Waals surface area contributed by atoms with E-state index in [0.29, 0.717) is 43.2 Å². The molecule has 0 aliphatic carbocycles. The van der Waals surface area contributed by atoms with E-state index < -0.39 is 10.0 Å². The summed E-state index contributed by atoms with van der Waals surface area (Å²) in [6.07, 6.45) is 1.88. The van der Waals surface area contributed by atoms with Gasteiger partial charge in [-0.05, 0) is 37.8 Å². The van der Waals surface area contributed by atoms with Crippen molar-refractivity contribution in [2.45, 2.75) is 51.0 Å². The first-order valence-corrected chi connectivity index (χ1v) is 9.63. The Labute approximate surface area is 139 Å².